The second-order valence-corrected chi connectivity index (χ2v) is 6.57. The summed E-state index contributed by atoms with van der Waals surface area (Å²) < 4.78 is 7.00. The van der Waals surface area contributed by atoms with E-state index in [-0.39, 0.29) is 30.4 Å². The summed E-state index contributed by atoms with van der Waals surface area (Å²) in [7, 11) is 0. The average Bonchev–Trinajstić information content (AvgIpc) is 3.04. The highest BCUT2D eigenvalue weighted by molar-refractivity contribution is 5.99. The Kier molecular flexibility index (Phi) is 4.15. The molecule has 0 saturated carbocycles. The predicted molar refractivity (Wildman–Crippen MR) is 93.1 cm³/mol. The second kappa shape index (κ2) is 6.51. The summed E-state index contributed by atoms with van der Waals surface area (Å²) in [6.07, 6.45) is 2.42. The third kappa shape index (κ3) is 2.85. The number of nitrogens with zero attached hydrogens (tertiary/aromatic N) is 3. The first-order valence-electron chi connectivity index (χ1n) is 8.56. The molecule has 2 N–H and O–H groups in total. The second-order valence-electron chi connectivity index (χ2n) is 6.57. The zero-order valence-corrected chi connectivity index (χ0v) is 14.6. The zero-order valence-electron chi connectivity index (χ0n) is 14.6. The molecule has 4 heterocycles. The van der Waals surface area contributed by atoms with E-state index in [2.05, 4.69) is 10.3 Å². The van der Waals surface area contributed by atoms with Gasteiger partial charge in [-0.25, -0.2) is 0 Å². The fourth-order valence-electron chi connectivity index (χ4n) is 3.41. The fourth-order valence-corrected chi connectivity index (χ4v) is 3.41. The Balaban J connectivity index is 1.64. The molecule has 1 fully saturated rings. The van der Waals surface area contributed by atoms with E-state index >= 15 is 0 Å². The fraction of sp³-hybridized carbons (Fsp3) is 0.333. The van der Waals surface area contributed by atoms with Gasteiger partial charge < -0.3 is 24.6 Å². The number of aromatic nitrogens is 2. The van der Waals surface area contributed by atoms with Crippen LogP contribution < -0.4 is 10.7 Å². The summed E-state index contributed by atoms with van der Waals surface area (Å²) >= 11 is 0. The van der Waals surface area contributed by atoms with Gasteiger partial charge in [0.15, 0.2) is 17.7 Å². The molecule has 140 valence electrons. The van der Waals surface area contributed by atoms with E-state index in [0.717, 1.165) is 0 Å². The van der Waals surface area contributed by atoms with Crippen LogP contribution in [0.15, 0.2) is 35.4 Å². The van der Waals surface area contributed by atoms with Crippen molar-refractivity contribution in [3.8, 4) is 5.75 Å². The molecule has 0 bridgehead atoms. The van der Waals surface area contributed by atoms with Crippen molar-refractivity contribution < 1.29 is 19.4 Å². The largest absolute Gasteiger partial charge is 0.503 e. The van der Waals surface area contributed by atoms with Crippen LogP contribution in [0.2, 0.25) is 0 Å². The summed E-state index contributed by atoms with van der Waals surface area (Å²) in [5, 5.41) is 12.9. The first-order valence-corrected chi connectivity index (χ1v) is 8.56. The summed E-state index contributed by atoms with van der Waals surface area (Å²) in [5.74, 6) is -1.85. The van der Waals surface area contributed by atoms with Crippen LogP contribution in [0.1, 0.15) is 33.5 Å². The average molecular weight is 370 g/mol. The van der Waals surface area contributed by atoms with E-state index in [9.17, 15) is 19.5 Å². The number of hydrogen-bond acceptors (Lipinski definition) is 6. The van der Waals surface area contributed by atoms with E-state index in [0.29, 0.717) is 12.3 Å². The van der Waals surface area contributed by atoms with Gasteiger partial charge in [0.2, 0.25) is 5.43 Å². The van der Waals surface area contributed by atoms with Crippen molar-refractivity contribution in [1.82, 2.24) is 19.8 Å². The van der Waals surface area contributed by atoms with Gasteiger partial charge >= 0.3 is 0 Å². The number of nitrogens with one attached hydrogen (secondary N) is 1. The minimum absolute atomic E-state index is 0.116. The maximum atomic E-state index is 12.7. The SMILES string of the molecule is C[C@H]1CO[C@@H]2Cn3cc(C(=O)NCc4ccccn4)c(=O)c(O)c3C(=O)N12. The number of rotatable bonds is 3. The number of aromatic hydroxyl groups is 1. The summed E-state index contributed by atoms with van der Waals surface area (Å²) in [5.41, 5.74) is -0.596. The third-order valence-electron chi connectivity index (χ3n) is 4.76. The van der Waals surface area contributed by atoms with Crippen LogP contribution in [-0.2, 0) is 17.8 Å². The first kappa shape index (κ1) is 17.2. The smallest absolute Gasteiger partial charge is 0.276 e. The van der Waals surface area contributed by atoms with E-state index in [1.54, 1.807) is 24.4 Å². The highest BCUT2D eigenvalue weighted by Crippen LogP contribution is 2.29. The van der Waals surface area contributed by atoms with Crippen molar-refractivity contribution in [3.05, 3.63) is 57.8 Å². The number of pyridine rings is 2. The van der Waals surface area contributed by atoms with Gasteiger partial charge in [-0.1, -0.05) is 6.07 Å². The predicted octanol–water partition coefficient (Wildman–Crippen LogP) is 0.0795. The maximum absolute atomic E-state index is 12.7. The molecule has 2 atom stereocenters. The number of carbonyl (C=O) groups is 2. The van der Waals surface area contributed by atoms with Crippen LogP contribution in [0.5, 0.6) is 5.75 Å². The Labute approximate surface area is 154 Å². The Morgan fingerprint density at radius 1 is 1.41 bits per heavy atom. The molecule has 2 amide bonds. The quantitative estimate of drug-likeness (QED) is 0.791. The number of hydrogen-bond donors (Lipinski definition) is 2. The molecule has 0 aliphatic carbocycles. The molecule has 9 nitrogen and oxygen atoms in total. The van der Waals surface area contributed by atoms with E-state index in [1.807, 2.05) is 6.92 Å². The summed E-state index contributed by atoms with van der Waals surface area (Å²) in [4.78, 5) is 43.2. The van der Waals surface area contributed by atoms with Crippen molar-refractivity contribution >= 4 is 11.8 Å². The van der Waals surface area contributed by atoms with Gasteiger partial charge in [-0.05, 0) is 19.1 Å². The Morgan fingerprint density at radius 2 is 2.22 bits per heavy atom. The Morgan fingerprint density at radius 3 is 2.96 bits per heavy atom. The molecule has 1 saturated heterocycles. The molecule has 0 unspecified atom stereocenters. The van der Waals surface area contributed by atoms with Gasteiger partial charge in [-0.3, -0.25) is 19.4 Å². The summed E-state index contributed by atoms with van der Waals surface area (Å²) in [6, 6.07) is 5.13. The van der Waals surface area contributed by atoms with E-state index in [1.165, 1.54) is 15.7 Å². The first-order chi connectivity index (χ1) is 13.0. The van der Waals surface area contributed by atoms with Gasteiger partial charge in [0.1, 0.15) is 5.56 Å². The van der Waals surface area contributed by atoms with Gasteiger partial charge in [0.05, 0.1) is 31.4 Å². The van der Waals surface area contributed by atoms with Gasteiger partial charge in [0.25, 0.3) is 11.8 Å². The maximum Gasteiger partial charge on any atom is 0.276 e. The third-order valence-corrected chi connectivity index (χ3v) is 4.76. The van der Waals surface area contributed by atoms with Crippen LogP contribution in [0.4, 0.5) is 0 Å². The molecule has 0 spiro atoms. The zero-order chi connectivity index (χ0) is 19.1. The van der Waals surface area contributed by atoms with Crippen molar-refractivity contribution in [2.75, 3.05) is 6.61 Å². The molecule has 2 aromatic rings. The lowest BCUT2D eigenvalue weighted by molar-refractivity contribution is 0.00625. The number of carbonyl (C=O) groups excluding carboxylic acids is 2. The van der Waals surface area contributed by atoms with E-state index < -0.39 is 29.2 Å². The minimum Gasteiger partial charge on any atom is -0.503 e. The lowest BCUT2D eigenvalue weighted by atomic mass is 10.1. The number of amides is 2. The van der Waals surface area contributed by atoms with Crippen molar-refractivity contribution in [3.63, 3.8) is 0 Å². The molecule has 4 rings (SSSR count). The van der Waals surface area contributed by atoms with Gasteiger partial charge in [-0.15, -0.1) is 0 Å². The Hall–Kier alpha value is -3.20. The van der Waals surface area contributed by atoms with Crippen LogP contribution >= 0.6 is 0 Å². The molecule has 0 aromatic carbocycles. The summed E-state index contributed by atoms with van der Waals surface area (Å²) in [6.45, 7) is 2.59. The lowest BCUT2D eigenvalue weighted by Crippen LogP contribution is -2.49. The standard InChI is InChI=1S/C18H18N4O5/c1-10-9-27-13-8-21-7-12(15(23)16(24)14(21)18(26)22(10)13)17(25)20-6-11-4-2-3-5-19-11/h2-5,7,10,13,24H,6,8-9H2,1H3,(H,20,25)/t10-,13+/m0/s1. The highest BCUT2D eigenvalue weighted by Gasteiger charge is 2.42. The van der Waals surface area contributed by atoms with Crippen LogP contribution in [0.3, 0.4) is 0 Å². The molecular weight excluding hydrogens is 352 g/mol. The van der Waals surface area contributed by atoms with E-state index in [4.69, 9.17) is 4.74 Å². The molecular formula is C18H18N4O5. The molecule has 9 heteroatoms. The molecule has 27 heavy (non-hydrogen) atoms. The molecule has 2 aliphatic rings. The van der Waals surface area contributed by atoms with Crippen molar-refractivity contribution in [2.45, 2.75) is 32.3 Å². The van der Waals surface area contributed by atoms with Crippen LogP contribution in [0.25, 0.3) is 0 Å². The van der Waals surface area contributed by atoms with Crippen LogP contribution in [-0.4, -0.2) is 50.2 Å². The van der Waals surface area contributed by atoms with Gasteiger partial charge in [-0.2, -0.15) is 0 Å². The molecule has 2 aliphatic heterocycles. The van der Waals surface area contributed by atoms with Crippen molar-refractivity contribution in [1.29, 1.82) is 0 Å². The number of ether oxygens (including phenoxy) is 1. The topological polar surface area (TPSA) is 114 Å². The molecule has 0 radical (unpaired) electrons. The minimum atomic E-state index is -0.876. The van der Waals surface area contributed by atoms with Gasteiger partial charge in [0, 0.05) is 12.4 Å². The normalized spacial score (nSPS) is 20.9. The lowest BCUT2D eigenvalue weighted by Gasteiger charge is -2.33. The van der Waals surface area contributed by atoms with Crippen molar-refractivity contribution in [2.24, 2.45) is 0 Å². The monoisotopic (exact) mass is 370 g/mol. The Bertz CT molecular complexity index is 972. The number of fused-ring (bicyclic) bond motifs is 2. The molecule has 2 aromatic heterocycles. The van der Waals surface area contributed by atoms with Crippen LogP contribution in [0, 0.1) is 0 Å². The highest BCUT2D eigenvalue weighted by atomic mass is 16.5.